The molecule has 1 saturated carbocycles. The van der Waals surface area contributed by atoms with E-state index in [-0.39, 0.29) is 17.8 Å². The number of halogens is 3. The Morgan fingerprint density at radius 2 is 1.95 bits per heavy atom. The van der Waals surface area contributed by atoms with Crippen molar-refractivity contribution in [2.24, 2.45) is 5.92 Å². The minimum absolute atomic E-state index is 0.182. The summed E-state index contributed by atoms with van der Waals surface area (Å²) in [5.74, 6) is 1.19. The van der Waals surface area contributed by atoms with Gasteiger partial charge >= 0.3 is 6.36 Å². The van der Waals surface area contributed by atoms with E-state index in [2.05, 4.69) is 43.4 Å². The van der Waals surface area contributed by atoms with Gasteiger partial charge in [0.05, 0.1) is 16.4 Å². The van der Waals surface area contributed by atoms with Crippen LogP contribution in [0.3, 0.4) is 0 Å². The Morgan fingerprint density at radius 3 is 2.64 bits per heavy atom. The number of aliphatic hydroxyl groups is 2. The zero-order chi connectivity index (χ0) is 30.2. The number of imidazole rings is 1. The molecule has 11 nitrogen and oxygen atoms in total. The van der Waals surface area contributed by atoms with Crippen molar-refractivity contribution in [3.05, 3.63) is 42.6 Å². The fourth-order valence-corrected chi connectivity index (χ4v) is 5.78. The van der Waals surface area contributed by atoms with Crippen molar-refractivity contribution in [2.75, 3.05) is 19.4 Å². The molecular weight excluding hydrogens is 555 g/mol. The second-order valence-electron chi connectivity index (χ2n) is 11.1. The van der Waals surface area contributed by atoms with Crippen LogP contribution < -0.4 is 10.5 Å². The quantitative estimate of drug-likeness (QED) is 0.193. The number of hydrogen-bond acceptors (Lipinski definition) is 9. The highest BCUT2D eigenvalue weighted by atomic mass is 19.4. The lowest BCUT2D eigenvalue weighted by Gasteiger charge is -2.46. The number of benzene rings is 1. The maximum absolute atomic E-state index is 12.5. The molecular formula is C28H36F3N7O4. The molecule has 42 heavy (non-hydrogen) atoms. The first-order valence-corrected chi connectivity index (χ1v) is 13.9. The number of aromatic amines is 1. The van der Waals surface area contributed by atoms with Crippen LogP contribution in [0, 0.1) is 5.92 Å². The van der Waals surface area contributed by atoms with E-state index in [0.717, 1.165) is 25.1 Å². The van der Waals surface area contributed by atoms with E-state index in [1.165, 1.54) is 36.2 Å². The molecule has 0 saturated heterocycles. The summed E-state index contributed by atoms with van der Waals surface area (Å²) in [6.45, 7) is 4.60. The molecule has 0 aliphatic heterocycles. The van der Waals surface area contributed by atoms with Gasteiger partial charge in [-0.1, -0.05) is 0 Å². The number of alkyl halides is 3. The van der Waals surface area contributed by atoms with Gasteiger partial charge in [-0.25, -0.2) is 15.0 Å². The van der Waals surface area contributed by atoms with Crippen LogP contribution in [-0.2, 0) is 11.2 Å². The minimum atomic E-state index is -4.75. The molecule has 0 bridgehead atoms. The largest absolute Gasteiger partial charge is 0.573 e. The van der Waals surface area contributed by atoms with Gasteiger partial charge in [-0.2, -0.15) is 0 Å². The zero-order valence-electron chi connectivity index (χ0n) is 23.6. The SMILES string of the molecule is CO[C@H](CN(C(C)C)C1CC(CCc2nc3ccc(OC(F)(F)F)cc3[nH]2)C1)[C@@H](O)[C@@H](O)n1ccc2c(N)ncnc21. The van der Waals surface area contributed by atoms with Gasteiger partial charge in [-0.05, 0) is 57.2 Å². The molecule has 1 aliphatic rings. The normalized spacial score (nSPS) is 19.9. The predicted molar refractivity (Wildman–Crippen MR) is 149 cm³/mol. The smallest absolute Gasteiger partial charge is 0.406 e. The Kier molecular flexibility index (Phi) is 8.60. The number of nitrogens with zero attached hydrogens (tertiary/aromatic N) is 5. The second-order valence-corrected chi connectivity index (χ2v) is 11.1. The fraction of sp³-hybridized carbons (Fsp3) is 0.536. The maximum atomic E-state index is 12.5. The number of aliphatic hydroxyl groups excluding tert-OH is 2. The molecule has 4 aromatic rings. The number of aryl methyl sites for hydroxylation is 1. The van der Waals surface area contributed by atoms with Crippen molar-refractivity contribution in [1.82, 2.24) is 29.4 Å². The van der Waals surface area contributed by atoms with E-state index in [4.69, 9.17) is 10.5 Å². The van der Waals surface area contributed by atoms with E-state index in [9.17, 15) is 23.4 Å². The Bertz CT molecular complexity index is 1500. The van der Waals surface area contributed by atoms with Gasteiger partial charge in [0.15, 0.2) is 6.23 Å². The van der Waals surface area contributed by atoms with Crippen molar-refractivity contribution in [3.8, 4) is 5.75 Å². The Morgan fingerprint density at radius 1 is 1.19 bits per heavy atom. The molecule has 3 aromatic heterocycles. The molecule has 0 unspecified atom stereocenters. The van der Waals surface area contributed by atoms with Gasteiger partial charge < -0.3 is 35.0 Å². The highest BCUT2D eigenvalue weighted by molar-refractivity contribution is 5.86. The van der Waals surface area contributed by atoms with E-state index in [1.807, 2.05) is 0 Å². The van der Waals surface area contributed by atoms with Crippen LogP contribution in [-0.4, -0.2) is 83.9 Å². The lowest BCUT2D eigenvalue weighted by atomic mass is 9.76. The first-order valence-electron chi connectivity index (χ1n) is 13.9. The molecule has 5 rings (SSSR count). The molecule has 0 spiro atoms. The molecule has 228 valence electrons. The van der Waals surface area contributed by atoms with E-state index in [1.54, 1.807) is 12.3 Å². The van der Waals surface area contributed by atoms with Crippen molar-refractivity contribution in [2.45, 2.75) is 76.4 Å². The summed E-state index contributed by atoms with van der Waals surface area (Å²) in [6, 6.07) is 6.23. The summed E-state index contributed by atoms with van der Waals surface area (Å²) in [7, 11) is 1.52. The number of nitrogens with one attached hydrogen (secondary N) is 1. The van der Waals surface area contributed by atoms with Crippen LogP contribution in [0.5, 0.6) is 5.75 Å². The van der Waals surface area contributed by atoms with Crippen LogP contribution >= 0.6 is 0 Å². The number of nitrogens with two attached hydrogens (primary N) is 1. The third-order valence-corrected chi connectivity index (χ3v) is 8.07. The van der Waals surface area contributed by atoms with E-state index >= 15 is 0 Å². The number of ether oxygens (including phenoxy) is 2. The van der Waals surface area contributed by atoms with Crippen LogP contribution in [0.4, 0.5) is 19.0 Å². The molecule has 3 heterocycles. The fourth-order valence-electron chi connectivity index (χ4n) is 5.78. The number of rotatable bonds is 12. The molecule has 1 aromatic carbocycles. The molecule has 1 fully saturated rings. The lowest BCUT2D eigenvalue weighted by Crippen LogP contribution is -2.53. The summed E-state index contributed by atoms with van der Waals surface area (Å²) >= 11 is 0. The van der Waals surface area contributed by atoms with Crippen LogP contribution in [0.1, 0.15) is 45.2 Å². The van der Waals surface area contributed by atoms with Crippen LogP contribution in [0.25, 0.3) is 22.1 Å². The Labute approximate surface area is 240 Å². The van der Waals surface area contributed by atoms with Crippen LogP contribution in [0.2, 0.25) is 0 Å². The van der Waals surface area contributed by atoms with Gasteiger partial charge in [0.1, 0.15) is 41.6 Å². The summed E-state index contributed by atoms with van der Waals surface area (Å²) in [4.78, 5) is 18.1. The third-order valence-electron chi connectivity index (χ3n) is 8.07. The zero-order valence-corrected chi connectivity index (χ0v) is 23.6. The number of anilines is 1. The van der Waals surface area contributed by atoms with Gasteiger partial charge in [0.25, 0.3) is 0 Å². The number of aromatic nitrogens is 5. The first-order chi connectivity index (χ1) is 19.9. The average molecular weight is 592 g/mol. The van der Waals surface area contributed by atoms with Crippen molar-refractivity contribution in [3.63, 3.8) is 0 Å². The topological polar surface area (TPSA) is 148 Å². The van der Waals surface area contributed by atoms with Crippen molar-refractivity contribution in [1.29, 1.82) is 0 Å². The number of H-pyrrole nitrogens is 1. The summed E-state index contributed by atoms with van der Waals surface area (Å²) < 4.78 is 48.7. The number of methoxy groups -OCH3 is 1. The molecule has 0 radical (unpaired) electrons. The summed E-state index contributed by atoms with van der Waals surface area (Å²) in [5.41, 5.74) is 7.42. The van der Waals surface area contributed by atoms with Gasteiger partial charge in [-0.15, -0.1) is 13.2 Å². The average Bonchev–Trinajstić information content (AvgIpc) is 3.52. The minimum Gasteiger partial charge on any atom is -0.406 e. The third kappa shape index (κ3) is 6.46. The summed E-state index contributed by atoms with van der Waals surface area (Å²) in [6.07, 6.45) is -1.55. The Hall–Kier alpha value is -3.46. The maximum Gasteiger partial charge on any atom is 0.573 e. The Balaban J connectivity index is 1.16. The summed E-state index contributed by atoms with van der Waals surface area (Å²) in [5, 5.41) is 22.7. The number of hydrogen-bond donors (Lipinski definition) is 4. The monoisotopic (exact) mass is 591 g/mol. The van der Waals surface area contributed by atoms with E-state index in [0.29, 0.717) is 46.8 Å². The lowest BCUT2D eigenvalue weighted by molar-refractivity contribution is -0.274. The predicted octanol–water partition coefficient (Wildman–Crippen LogP) is 3.78. The molecule has 0 amide bonds. The van der Waals surface area contributed by atoms with Crippen LogP contribution in [0.15, 0.2) is 36.8 Å². The van der Waals surface area contributed by atoms with Crippen molar-refractivity contribution < 1.29 is 32.9 Å². The molecule has 1 aliphatic carbocycles. The second kappa shape index (κ2) is 12.0. The van der Waals surface area contributed by atoms with Gasteiger partial charge in [0, 0.05) is 44.4 Å². The number of fused-ring (bicyclic) bond motifs is 2. The van der Waals surface area contributed by atoms with E-state index < -0.39 is 24.8 Å². The first kappa shape index (κ1) is 30.0. The molecule has 3 atom stereocenters. The highest BCUT2D eigenvalue weighted by Crippen LogP contribution is 2.37. The molecule has 5 N–H and O–H groups in total. The van der Waals surface area contributed by atoms with Gasteiger partial charge in [-0.3, -0.25) is 4.90 Å². The van der Waals surface area contributed by atoms with Gasteiger partial charge in [0.2, 0.25) is 0 Å². The van der Waals surface area contributed by atoms with Crippen molar-refractivity contribution >= 4 is 27.9 Å². The highest BCUT2D eigenvalue weighted by Gasteiger charge is 2.38. The number of nitrogen functional groups attached to an aromatic ring is 1. The standard InChI is InChI=1S/C28H36F3N7O4/c1-15(2)38(13-22(41-3)24(39)27(40)37-9-8-19-25(32)33-14-34-26(19)37)17-10-16(11-17)4-7-23-35-20-6-5-18(12-21(20)36-23)42-28(29,30)31/h5-6,8-9,12,14-17,22,24,27,39-40H,4,7,10-11,13H2,1-3H3,(H,35,36)(H2,32,33,34)/t16?,17?,22-,24-,27-/m1/s1. The molecule has 14 heteroatoms.